The molecule has 0 aromatic heterocycles. The first kappa shape index (κ1) is 12.7. The molecule has 0 bridgehead atoms. The van der Waals surface area contributed by atoms with E-state index in [1.54, 1.807) is 0 Å². The van der Waals surface area contributed by atoms with Crippen LogP contribution in [0.5, 0.6) is 0 Å². The summed E-state index contributed by atoms with van der Waals surface area (Å²) >= 11 is 6.07. The molecule has 0 aliphatic carbocycles. The van der Waals surface area contributed by atoms with Crippen LogP contribution in [0.3, 0.4) is 0 Å². The lowest BCUT2D eigenvalue weighted by molar-refractivity contribution is 0.238. The van der Waals surface area contributed by atoms with Crippen molar-refractivity contribution in [3.63, 3.8) is 0 Å². The van der Waals surface area contributed by atoms with E-state index in [9.17, 15) is 5.11 Å². The van der Waals surface area contributed by atoms with Crippen LogP contribution in [-0.2, 0) is 6.54 Å². The molecule has 1 fully saturated rings. The molecular formula is C13H19ClN2O. The molecule has 0 saturated carbocycles. The molecule has 1 aliphatic heterocycles. The van der Waals surface area contributed by atoms with E-state index in [0.29, 0.717) is 5.92 Å². The monoisotopic (exact) mass is 254 g/mol. The van der Waals surface area contributed by atoms with Crippen molar-refractivity contribution in [1.82, 2.24) is 5.32 Å². The van der Waals surface area contributed by atoms with Crippen molar-refractivity contribution in [2.24, 2.45) is 5.92 Å². The fourth-order valence-electron chi connectivity index (χ4n) is 2.37. The Morgan fingerprint density at radius 3 is 3.00 bits per heavy atom. The summed E-state index contributed by atoms with van der Waals surface area (Å²) in [6.45, 7) is 3.04. The Kier molecular flexibility index (Phi) is 4.26. The Labute approximate surface area is 107 Å². The summed E-state index contributed by atoms with van der Waals surface area (Å²) in [5.74, 6) is 0.399. The lowest BCUT2D eigenvalue weighted by Gasteiger charge is -2.22. The maximum Gasteiger partial charge on any atom is 0.0476 e. The van der Waals surface area contributed by atoms with Gasteiger partial charge in [-0.25, -0.2) is 0 Å². The van der Waals surface area contributed by atoms with Gasteiger partial charge in [-0.05, 0) is 31.2 Å². The van der Waals surface area contributed by atoms with Gasteiger partial charge in [0, 0.05) is 42.9 Å². The molecule has 3 nitrogen and oxygen atoms in total. The molecule has 17 heavy (non-hydrogen) atoms. The molecule has 0 spiro atoms. The van der Waals surface area contributed by atoms with Crippen LogP contribution in [0.4, 0.5) is 5.69 Å². The van der Waals surface area contributed by atoms with Crippen molar-refractivity contribution in [3.05, 3.63) is 28.8 Å². The van der Waals surface area contributed by atoms with E-state index in [1.165, 1.54) is 11.3 Å². The largest absolute Gasteiger partial charge is 0.396 e. The van der Waals surface area contributed by atoms with Crippen LogP contribution < -0.4 is 10.2 Å². The predicted molar refractivity (Wildman–Crippen MR) is 71.6 cm³/mol. The summed E-state index contributed by atoms with van der Waals surface area (Å²) in [4.78, 5) is 2.32. The van der Waals surface area contributed by atoms with Crippen molar-refractivity contribution in [3.8, 4) is 0 Å². The normalized spacial score (nSPS) is 19.9. The van der Waals surface area contributed by atoms with Crippen LogP contribution in [0.1, 0.15) is 12.0 Å². The summed E-state index contributed by atoms with van der Waals surface area (Å²) in [6, 6.07) is 6.02. The van der Waals surface area contributed by atoms with E-state index >= 15 is 0 Å². The molecule has 2 N–H and O–H groups in total. The third kappa shape index (κ3) is 2.92. The van der Waals surface area contributed by atoms with E-state index in [0.717, 1.165) is 31.1 Å². The highest BCUT2D eigenvalue weighted by Crippen LogP contribution is 2.29. The molecule has 1 heterocycles. The van der Waals surface area contributed by atoms with Crippen molar-refractivity contribution < 1.29 is 5.11 Å². The number of aliphatic hydroxyl groups is 1. The molecule has 1 aromatic carbocycles. The van der Waals surface area contributed by atoms with E-state index in [1.807, 2.05) is 19.2 Å². The van der Waals surface area contributed by atoms with Gasteiger partial charge in [-0.15, -0.1) is 0 Å². The van der Waals surface area contributed by atoms with Crippen LogP contribution in [0.2, 0.25) is 5.02 Å². The average molecular weight is 255 g/mol. The number of halogens is 1. The number of nitrogens with one attached hydrogen (secondary N) is 1. The first-order valence-corrected chi connectivity index (χ1v) is 6.41. The van der Waals surface area contributed by atoms with Crippen molar-refractivity contribution >= 4 is 17.3 Å². The van der Waals surface area contributed by atoms with Gasteiger partial charge in [-0.2, -0.15) is 0 Å². The number of nitrogens with zero attached hydrogens (tertiary/aromatic N) is 1. The molecule has 2 rings (SSSR count). The third-order valence-corrected chi connectivity index (χ3v) is 3.53. The summed E-state index contributed by atoms with van der Waals surface area (Å²) in [7, 11) is 1.94. The quantitative estimate of drug-likeness (QED) is 0.861. The zero-order valence-electron chi connectivity index (χ0n) is 10.1. The number of hydrogen-bond donors (Lipinski definition) is 2. The minimum Gasteiger partial charge on any atom is -0.396 e. The Balaban J connectivity index is 2.21. The Hall–Kier alpha value is -0.770. The van der Waals surface area contributed by atoms with Crippen LogP contribution in [0.25, 0.3) is 0 Å². The van der Waals surface area contributed by atoms with Gasteiger partial charge in [0.1, 0.15) is 0 Å². The SMILES string of the molecule is CNCc1ccc(Cl)cc1N1CCC(CO)C1. The van der Waals surface area contributed by atoms with E-state index in [-0.39, 0.29) is 6.61 Å². The molecule has 1 aromatic rings. The van der Waals surface area contributed by atoms with E-state index in [4.69, 9.17) is 11.6 Å². The Morgan fingerprint density at radius 1 is 1.53 bits per heavy atom. The molecule has 0 amide bonds. The minimum absolute atomic E-state index is 0.276. The molecular weight excluding hydrogens is 236 g/mol. The number of aliphatic hydroxyl groups excluding tert-OH is 1. The maximum absolute atomic E-state index is 9.19. The lowest BCUT2D eigenvalue weighted by Crippen LogP contribution is -2.23. The Bertz CT molecular complexity index is 384. The molecule has 4 heteroatoms. The predicted octanol–water partition coefficient (Wildman–Crippen LogP) is 1.88. The van der Waals surface area contributed by atoms with Gasteiger partial charge in [-0.1, -0.05) is 17.7 Å². The fraction of sp³-hybridized carbons (Fsp3) is 0.538. The van der Waals surface area contributed by atoms with Crippen molar-refractivity contribution in [2.75, 3.05) is 31.6 Å². The highest BCUT2D eigenvalue weighted by Gasteiger charge is 2.23. The first-order chi connectivity index (χ1) is 8.24. The number of benzene rings is 1. The van der Waals surface area contributed by atoms with Crippen LogP contribution >= 0.6 is 11.6 Å². The summed E-state index contributed by atoms with van der Waals surface area (Å²) < 4.78 is 0. The van der Waals surface area contributed by atoms with Gasteiger partial charge in [-0.3, -0.25) is 0 Å². The number of rotatable bonds is 4. The number of anilines is 1. The van der Waals surface area contributed by atoms with Gasteiger partial charge in [0.25, 0.3) is 0 Å². The molecule has 1 atom stereocenters. The van der Waals surface area contributed by atoms with Gasteiger partial charge < -0.3 is 15.3 Å². The molecule has 1 unspecified atom stereocenters. The summed E-state index contributed by atoms with van der Waals surface area (Å²) in [6.07, 6.45) is 1.06. The Morgan fingerprint density at radius 2 is 2.35 bits per heavy atom. The van der Waals surface area contributed by atoms with E-state index < -0.39 is 0 Å². The zero-order chi connectivity index (χ0) is 12.3. The standard InChI is InChI=1S/C13H19ClN2O/c1-15-7-11-2-3-12(14)6-13(11)16-5-4-10(8-16)9-17/h2-3,6,10,15,17H,4-5,7-9H2,1H3. The second-order valence-electron chi connectivity index (χ2n) is 4.59. The fourth-order valence-corrected chi connectivity index (χ4v) is 2.54. The van der Waals surface area contributed by atoms with Crippen molar-refractivity contribution in [1.29, 1.82) is 0 Å². The lowest BCUT2D eigenvalue weighted by atomic mass is 10.1. The average Bonchev–Trinajstić information content (AvgIpc) is 2.80. The highest BCUT2D eigenvalue weighted by molar-refractivity contribution is 6.30. The summed E-state index contributed by atoms with van der Waals surface area (Å²) in [5, 5.41) is 13.1. The van der Waals surface area contributed by atoms with Crippen LogP contribution in [-0.4, -0.2) is 31.9 Å². The zero-order valence-corrected chi connectivity index (χ0v) is 10.9. The third-order valence-electron chi connectivity index (χ3n) is 3.30. The minimum atomic E-state index is 0.276. The molecule has 1 aliphatic rings. The highest BCUT2D eigenvalue weighted by atomic mass is 35.5. The second kappa shape index (κ2) is 5.71. The molecule has 94 valence electrons. The van der Waals surface area contributed by atoms with Gasteiger partial charge in [0.15, 0.2) is 0 Å². The number of hydrogen-bond acceptors (Lipinski definition) is 3. The van der Waals surface area contributed by atoms with Gasteiger partial charge in [0.2, 0.25) is 0 Å². The molecule has 1 saturated heterocycles. The van der Waals surface area contributed by atoms with Gasteiger partial charge >= 0.3 is 0 Å². The molecule has 0 radical (unpaired) electrons. The maximum atomic E-state index is 9.19. The van der Waals surface area contributed by atoms with Crippen LogP contribution in [0, 0.1) is 5.92 Å². The topological polar surface area (TPSA) is 35.5 Å². The first-order valence-electron chi connectivity index (χ1n) is 6.03. The van der Waals surface area contributed by atoms with E-state index in [2.05, 4.69) is 16.3 Å². The smallest absolute Gasteiger partial charge is 0.0476 e. The van der Waals surface area contributed by atoms with Crippen molar-refractivity contribution in [2.45, 2.75) is 13.0 Å². The summed E-state index contributed by atoms with van der Waals surface area (Å²) in [5.41, 5.74) is 2.46. The second-order valence-corrected chi connectivity index (χ2v) is 5.02. The van der Waals surface area contributed by atoms with Crippen LogP contribution in [0.15, 0.2) is 18.2 Å². The van der Waals surface area contributed by atoms with Gasteiger partial charge in [0.05, 0.1) is 0 Å².